The third-order valence-electron chi connectivity index (χ3n) is 4.48. The van der Waals surface area contributed by atoms with E-state index in [0.717, 1.165) is 17.9 Å². The predicted molar refractivity (Wildman–Crippen MR) is 103 cm³/mol. The van der Waals surface area contributed by atoms with E-state index in [1.165, 1.54) is 0 Å². The molecule has 0 fully saturated rings. The summed E-state index contributed by atoms with van der Waals surface area (Å²) >= 11 is 5.83. The van der Waals surface area contributed by atoms with Crippen LogP contribution in [0.5, 0.6) is 0 Å². The lowest BCUT2D eigenvalue weighted by molar-refractivity contribution is -0.144. The highest BCUT2D eigenvalue weighted by Gasteiger charge is 2.39. The maximum Gasteiger partial charge on any atom is 0.435 e. The molecule has 0 spiro atoms. The van der Waals surface area contributed by atoms with Gasteiger partial charge in [-0.2, -0.15) is 31.4 Å². The van der Waals surface area contributed by atoms with Crippen LogP contribution in [0.1, 0.15) is 21.7 Å². The third-order valence-corrected chi connectivity index (χ3v) is 4.79. The van der Waals surface area contributed by atoms with Crippen molar-refractivity contribution in [2.75, 3.05) is 5.32 Å². The van der Waals surface area contributed by atoms with Crippen LogP contribution in [-0.2, 0) is 26.4 Å². The molecule has 0 atom stereocenters. The number of hydrogen-bond donors (Lipinski definition) is 1. The van der Waals surface area contributed by atoms with Crippen LogP contribution in [0.25, 0.3) is 5.69 Å². The van der Waals surface area contributed by atoms with E-state index in [-0.39, 0.29) is 15.2 Å². The molecule has 0 bridgehead atoms. The second-order valence-corrected chi connectivity index (χ2v) is 7.25. The minimum Gasteiger partial charge on any atom is -0.320 e. The number of hydrogen-bond acceptors (Lipinski definition) is 4. The molecule has 2 aromatic heterocycles. The van der Waals surface area contributed by atoms with Gasteiger partial charge >= 0.3 is 18.0 Å². The van der Waals surface area contributed by atoms with Crippen molar-refractivity contribution in [2.24, 2.45) is 14.1 Å². The first-order chi connectivity index (χ1) is 15.5. The van der Waals surface area contributed by atoms with Crippen molar-refractivity contribution >= 4 is 23.2 Å². The van der Waals surface area contributed by atoms with Crippen molar-refractivity contribution in [1.29, 1.82) is 0 Å². The zero-order chi connectivity index (χ0) is 25.7. The van der Waals surface area contributed by atoms with Gasteiger partial charge in [-0.25, -0.2) is 13.8 Å². The minimum absolute atomic E-state index is 0.0434. The minimum atomic E-state index is -5.07. The summed E-state index contributed by atoms with van der Waals surface area (Å²) in [5, 5.41) is 4.61. The standard InChI is InChI=1S/C18H11ClF7N5O3/c1-29-6-7(14(28-29)18(24,25)26)15(33)27-10-4-11(9(20)3-8(10)19)31-13(32)5-12(17(21,22)23)30(2)16(31)34/h3-6H,1-2H3,(H,27,33). The molecule has 1 amide bonds. The van der Waals surface area contributed by atoms with Gasteiger partial charge in [-0.15, -0.1) is 0 Å². The summed E-state index contributed by atoms with van der Waals surface area (Å²) in [5.41, 5.74) is -8.61. The molecule has 0 saturated carbocycles. The number of nitrogens with one attached hydrogen (secondary N) is 1. The van der Waals surface area contributed by atoms with Crippen LogP contribution in [-0.4, -0.2) is 24.8 Å². The average Bonchev–Trinajstić information content (AvgIpc) is 3.09. The Kier molecular flexibility index (Phi) is 6.11. The van der Waals surface area contributed by atoms with Gasteiger partial charge in [-0.3, -0.25) is 18.8 Å². The van der Waals surface area contributed by atoms with Gasteiger partial charge in [-0.05, 0) is 12.1 Å². The van der Waals surface area contributed by atoms with Gasteiger partial charge in [0, 0.05) is 26.4 Å². The van der Waals surface area contributed by atoms with Crippen molar-refractivity contribution < 1.29 is 35.5 Å². The first-order valence-corrected chi connectivity index (χ1v) is 9.22. The Morgan fingerprint density at radius 1 is 1.03 bits per heavy atom. The molecule has 0 aliphatic carbocycles. The molecule has 0 aliphatic heterocycles. The Morgan fingerprint density at radius 2 is 1.65 bits per heavy atom. The maximum atomic E-state index is 14.5. The lowest BCUT2D eigenvalue weighted by atomic mass is 10.2. The van der Waals surface area contributed by atoms with E-state index >= 15 is 0 Å². The van der Waals surface area contributed by atoms with E-state index in [4.69, 9.17) is 11.6 Å². The molecule has 0 saturated heterocycles. The van der Waals surface area contributed by atoms with Crippen molar-refractivity contribution in [3.05, 3.63) is 73.0 Å². The summed E-state index contributed by atoms with van der Waals surface area (Å²) in [5.74, 6) is -2.70. The van der Waals surface area contributed by atoms with E-state index < -0.39 is 68.7 Å². The van der Waals surface area contributed by atoms with E-state index in [0.29, 0.717) is 19.2 Å². The van der Waals surface area contributed by atoms with Crippen LogP contribution >= 0.6 is 11.6 Å². The molecule has 3 aromatic rings. The van der Waals surface area contributed by atoms with E-state index in [9.17, 15) is 45.1 Å². The van der Waals surface area contributed by atoms with Crippen molar-refractivity contribution in [1.82, 2.24) is 18.9 Å². The fourth-order valence-electron chi connectivity index (χ4n) is 2.98. The highest BCUT2D eigenvalue weighted by molar-refractivity contribution is 6.34. The van der Waals surface area contributed by atoms with Crippen molar-refractivity contribution in [2.45, 2.75) is 12.4 Å². The normalized spacial score (nSPS) is 12.2. The van der Waals surface area contributed by atoms with Gasteiger partial charge in [0.25, 0.3) is 11.5 Å². The van der Waals surface area contributed by atoms with Gasteiger partial charge in [-0.1, -0.05) is 11.6 Å². The molecule has 2 heterocycles. The smallest absolute Gasteiger partial charge is 0.320 e. The largest absolute Gasteiger partial charge is 0.435 e. The molecule has 1 aromatic carbocycles. The molecule has 0 unspecified atom stereocenters. The Balaban J connectivity index is 2.13. The number of aryl methyl sites for hydroxylation is 1. The number of alkyl halides is 6. The van der Waals surface area contributed by atoms with E-state index in [2.05, 4.69) is 5.10 Å². The SMILES string of the molecule is Cn1cc(C(=O)Nc2cc(-n3c(=O)cc(C(F)(F)F)n(C)c3=O)c(F)cc2Cl)c(C(F)(F)F)n1. The topological polar surface area (TPSA) is 90.9 Å². The molecular weight excluding hydrogens is 503 g/mol. The van der Waals surface area contributed by atoms with Gasteiger partial charge in [0.2, 0.25) is 0 Å². The zero-order valence-electron chi connectivity index (χ0n) is 16.8. The number of amides is 1. The number of anilines is 1. The summed E-state index contributed by atoms with van der Waals surface area (Å²) < 4.78 is 93.8. The second-order valence-electron chi connectivity index (χ2n) is 6.84. The monoisotopic (exact) mass is 513 g/mol. The van der Waals surface area contributed by atoms with Crippen LogP contribution in [0, 0.1) is 5.82 Å². The Hall–Kier alpha value is -3.62. The molecule has 0 radical (unpaired) electrons. The lowest BCUT2D eigenvalue weighted by Crippen LogP contribution is -2.41. The van der Waals surface area contributed by atoms with Gasteiger partial charge < -0.3 is 5.32 Å². The zero-order valence-corrected chi connectivity index (χ0v) is 17.6. The fraction of sp³-hybridized carbons (Fsp3) is 0.222. The van der Waals surface area contributed by atoms with Crippen LogP contribution in [0.2, 0.25) is 5.02 Å². The number of nitrogens with zero attached hydrogens (tertiary/aromatic N) is 4. The molecule has 182 valence electrons. The number of carbonyl (C=O) groups excluding carboxylic acids is 1. The Bertz CT molecular complexity index is 1420. The summed E-state index contributed by atoms with van der Waals surface area (Å²) in [6.07, 6.45) is -9.30. The number of benzene rings is 1. The third kappa shape index (κ3) is 4.55. The predicted octanol–water partition coefficient (Wildman–Crippen LogP) is 3.35. The van der Waals surface area contributed by atoms with E-state index in [1.54, 1.807) is 0 Å². The molecule has 1 N–H and O–H groups in total. The molecule has 3 rings (SSSR count). The number of carbonyl (C=O) groups is 1. The Morgan fingerprint density at radius 3 is 2.21 bits per heavy atom. The molecule has 8 nitrogen and oxygen atoms in total. The van der Waals surface area contributed by atoms with Crippen LogP contribution in [0.3, 0.4) is 0 Å². The first kappa shape index (κ1) is 25.0. The first-order valence-electron chi connectivity index (χ1n) is 8.84. The van der Waals surface area contributed by atoms with Gasteiger partial charge in [0.15, 0.2) is 5.69 Å². The summed E-state index contributed by atoms with van der Waals surface area (Å²) in [4.78, 5) is 37.1. The quantitative estimate of drug-likeness (QED) is 0.544. The Labute approximate surface area is 188 Å². The number of rotatable bonds is 3. The van der Waals surface area contributed by atoms with Crippen molar-refractivity contribution in [3.63, 3.8) is 0 Å². The highest BCUT2D eigenvalue weighted by atomic mass is 35.5. The van der Waals surface area contributed by atoms with Gasteiger partial charge in [0.05, 0.1) is 22.0 Å². The van der Waals surface area contributed by atoms with E-state index in [1.807, 2.05) is 5.32 Å². The van der Waals surface area contributed by atoms with Gasteiger partial charge in [0.1, 0.15) is 11.5 Å². The molecule has 0 aliphatic rings. The molecular formula is C18H11ClF7N5O3. The van der Waals surface area contributed by atoms with Crippen LogP contribution < -0.4 is 16.6 Å². The van der Waals surface area contributed by atoms with Crippen LogP contribution in [0.4, 0.5) is 36.4 Å². The van der Waals surface area contributed by atoms with Crippen molar-refractivity contribution in [3.8, 4) is 5.69 Å². The summed E-state index contributed by atoms with van der Waals surface area (Å²) in [6.45, 7) is 0. The summed E-state index contributed by atoms with van der Waals surface area (Å²) in [6, 6.07) is 1.19. The number of aromatic nitrogens is 4. The molecule has 34 heavy (non-hydrogen) atoms. The number of halogens is 8. The average molecular weight is 514 g/mol. The highest BCUT2D eigenvalue weighted by Crippen LogP contribution is 2.32. The fourth-order valence-corrected chi connectivity index (χ4v) is 3.18. The molecule has 16 heteroatoms. The summed E-state index contributed by atoms with van der Waals surface area (Å²) in [7, 11) is 1.82. The second kappa shape index (κ2) is 8.30. The van der Waals surface area contributed by atoms with Crippen LogP contribution in [0.15, 0.2) is 34.0 Å². The lowest BCUT2D eigenvalue weighted by Gasteiger charge is -2.15. The maximum absolute atomic E-state index is 14.5.